The molecule has 0 aromatic heterocycles. The van der Waals surface area contributed by atoms with Crippen molar-refractivity contribution in [1.29, 1.82) is 0 Å². The zero-order valence-electron chi connectivity index (χ0n) is 8.42. The summed E-state index contributed by atoms with van der Waals surface area (Å²) in [7, 11) is -3.48. The van der Waals surface area contributed by atoms with E-state index >= 15 is 0 Å². The molecule has 3 nitrogen and oxygen atoms in total. The van der Waals surface area contributed by atoms with Crippen molar-refractivity contribution >= 4 is 15.7 Å². The minimum absolute atomic E-state index is 0.232. The van der Waals surface area contributed by atoms with Crippen LogP contribution in [0.25, 0.3) is 0 Å². The molecule has 1 radical (unpaired) electrons. The van der Waals surface area contributed by atoms with Crippen LogP contribution in [0.1, 0.15) is 0 Å². The van der Waals surface area contributed by atoms with Gasteiger partial charge in [0, 0.05) is 5.69 Å². The fourth-order valence-electron chi connectivity index (χ4n) is 1.27. The third-order valence-electron chi connectivity index (χ3n) is 2.02. The fourth-order valence-corrected chi connectivity index (χ4v) is 2.33. The Bertz CT molecular complexity index is 550. The van der Waals surface area contributed by atoms with Gasteiger partial charge in [-0.3, -0.25) is 4.72 Å². The molecule has 0 spiro atoms. The Morgan fingerprint density at radius 2 is 1.56 bits per heavy atom. The number of benzene rings is 2. The average molecular weight is 232 g/mol. The average Bonchev–Trinajstić information content (AvgIpc) is 2.31. The van der Waals surface area contributed by atoms with Gasteiger partial charge in [0.25, 0.3) is 10.0 Å². The molecule has 0 heterocycles. The molecule has 0 aliphatic carbocycles. The van der Waals surface area contributed by atoms with Crippen LogP contribution in [0.5, 0.6) is 0 Å². The first kappa shape index (κ1) is 10.7. The highest BCUT2D eigenvalue weighted by molar-refractivity contribution is 7.92. The van der Waals surface area contributed by atoms with Crippen molar-refractivity contribution < 1.29 is 8.42 Å². The van der Waals surface area contributed by atoms with Gasteiger partial charge in [0.15, 0.2) is 0 Å². The second-order valence-electron chi connectivity index (χ2n) is 3.21. The van der Waals surface area contributed by atoms with E-state index in [0.717, 1.165) is 0 Å². The largest absolute Gasteiger partial charge is 0.280 e. The molecule has 0 unspecified atom stereocenters. The van der Waals surface area contributed by atoms with Gasteiger partial charge in [-0.1, -0.05) is 30.3 Å². The number of hydrogen-bond acceptors (Lipinski definition) is 2. The molecule has 81 valence electrons. The third-order valence-corrected chi connectivity index (χ3v) is 3.42. The summed E-state index contributed by atoms with van der Waals surface area (Å²) < 4.78 is 26.2. The smallest absolute Gasteiger partial charge is 0.261 e. The van der Waals surface area contributed by atoms with Gasteiger partial charge >= 0.3 is 0 Å². The summed E-state index contributed by atoms with van der Waals surface area (Å²) in [6.45, 7) is 0. The molecule has 0 atom stereocenters. The summed E-state index contributed by atoms with van der Waals surface area (Å²) in [6, 6.07) is 17.7. The lowest BCUT2D eigenvalue weighted by Crippen LogP contribution is -2.12. The normalized spacial score (nSPS) is 11.0. The molecule has 1 N–H and O–H groups in total. The van der Waals surface area contributed by atoms with Gasteiger partial charge in [0.2, 0.25) is 0 Å². The van der Waals surface area contributed by atoms with Crippen molar-refractivity contribution in [2.75, 3.05) is 4.72 Å². The number of hydrogen-bond donors (Lipinski definition) is 1. The topological polar surface area (TPSA) is 46.2 Å². The summed E-state index contributed by atoms with van der Waals surface area (Å²) in [5.41, 5.74) is 0.551. The van der Waals surface area contributed by atoms with Crippen molar-refractivity contribution in [3.8, 4) is 0 Å². The van der Waals surface area contributed by atoms with Crippen LogP contribution < -0.4 is 4.72 Å². The lowest BCUT2D eigenvalue weighted by atomic mass is 10.3. The van der Waals surface area contributed by atoms with E-state index in [1.54, 1.807) is 36.4 Å². The highest BCUT2D eigenvalue weighted by Gasteiger charge is 2.12. The number of sulfonamides is 1. The van der Waals surface area contributed by atoms with Crippen LogP contribution in [0.2, 0.25) is 0 Å². The highest BCUT2D eigenvalue weighted by Crippen LogP contribution is 2.14. The summed E-state index contributed by atoms with van der Waals surface area (Å²) in [5, 5.41) is 0. The summed E-state index contributed by atoms with van der Waals surface area (Å²) in [5.74, 6) is 0. The Balaban J connectivity index is 2.29. The van der Waals surface area contributed by atoms with Gasteiger partial charge in [-0.25, -0.2) is 8.42 Å². The quantitative estimate of drug-likeness (QED) is 0.882. The van der Waals surface area contributed by atoms with Crippen LogP contribution in [0, 0.1) is 6.07 Å². The zero-order chi connectivity index (χ0) is 11.4. The fraction of sp³-hybridized carbons (Fsp3) is 0. The van der Waals surface area contributed by atoms with Crippen LogP contribution in [-0.4, -0.2) is 8.42 Å². The molecule has 0 fully saturated rings. The van der Waals surface area contributed by atoms with E-state index < -0.39 is 10.0 Å². The molecule has 2 rings (SSSR count). The van der Waals surface area contributed by atoms with E-state index in [4.69, 9.17) is 0 Å². The maximum absolute atomic E-state index is 11.9. The molecule has 2 aromatic rings. The SMILES string of the molecule is O=S(=O)(Nc1ccccc1)c1cc[c]cc1. The lowest BCUT2D eigenvalue weighted by molar-refractivity contribution is 0.601. The second kappa shape index (κ2) is 4.37. The first-order valence-electron chi connectivity index (χ1n) is 4.72. The Labute approximate surface area is 94.8 Å². The number of anilines is 1. The summed E-state index contributed by atoms with van der Waals surface area (Å²) in [4.78, 5) is 0.232. The maximum atomic E-state index is 11.9. The first-order chi connectivity index (χ1) is 7.68. The first-order valence-corrected chi connectivity index (χ1v) is 6.21. The summed E-state index contributed by atoms with van der Waals surface area (Å²) in [6.07, 6.45) is 0. The highest BCUT2D eigenvalue weighted by atomic mass is 32.2. The van der Waals surface area contributed by atoms with Gasteiger partial charge in [-0.2, -0.15) is 0 Å². The van der Waals surface area contributed by atoms with E-state index in [9.17, 15) is 8.42 Å². The van der Waals surface area contributed by atoms with Crippen molar-refractivity contribution in [3.05, 3.63) is 60.7 Å². The van der Waals surface area contributed by atoms with Gasteiger partial charge in [-0.15, -0.1) is 0 Å². The van der Waals surface area contributed by atoms with Crippen LogP contribution in [0.4, 0.5) is 5.69 Å². The van der Waals surface area contributed by atoms with Crippen LogP contribution in [0.3, 0.4) is 0 Å². The second-order valence-corrected chi connectivity index (χ2v) is 4.89. The number of rotatable bonds is 3. The van der Waals surface area contributed by atoms with Crippen molar-refractivity contribution in [2.45, 2.75) is 4.90 Å². The Kier molecular flexibility index (Phi) is 2.92. The molecule has 2 aromatic carbocycles. The minimum atomic E-state index is -3.48. The Morgan fingerprint density at radius 1 is 0.938 bits per heavy atom. The summed E-state index contributed by atoms with van der Waals surface area (Å²) >= 11 is 0. The van der Waals surface area contributed by atoms with Gasteiger partial charge in [-0.05, 0) is 30.3 Å². The van der Waals surface area contributed by atoms with Crippen molar-refractivity contribution in [3.63, 3.8) is 0 Å². The Morgan fingerprint density at radius 3 is 2.19 bits per heavy atom. The molecule has 0 aliphatic rings. The van der Waals surface area contributed by atoms with Crippen LogP contribution >= 0.6 is 0 Å². The van der Waals surface area contributed by atoms with E-state index in [1.165, 1.54) is 12.1 Å². The molecule has 0 aliphatic heterocycles. The van der Waals surface area contributed by atoms with E-state index in [-0.39, 0.29) is 4.90 Å². The maximum Gasteiger partial charge on any atom is 0.261 e. The molecular formula is C12H10NO2S. The van der Waals surface area contributed by atoms with Crippen molar-refractivity contribution in [1.82, 2.24) is 0 Å². The van der Waals surface area contributed by atoms with Gasteiger partial charge < -0.3 is 0 Å². The van der Waals surface area contributed by atoms with E-state index in [0.29, 0.717) is 5.69 Å². The third kappa shape index (κ3) is 2.41. The predicted octanol–water partition coefficient (Wildman–Crippen LogP) is 2.29. The molecular weight excluding hydrogens is 222 g/mol. The molecule has 0 saturated carbocycles. The number of para-hydroxylation sites is 1. The van der Waals surface area contributed by atoms with Gasteiger partial charge in [0.1, 0.15) is 0 Å². The molecule has 0 saturated heterocycles. The van der Waals surface area contributed by atoms with Crippen molar-refractivity contribution in [2.24, 2.45) is 0 Å². The molecule has 16 heavy (non-hydrogen) atoms. The molecule has 0 amide bonds. The van der Waals surface area contributed by atoms with Crippen LogP contribution in [0.15, 0.2) is 59.5 Å². The van der Waals surface area contributed by atoms with Crippen LogP contribution in [-0.2, 0) is 10.0 Å². The standard InChI is InChI=1S/C12H10NO2S/c14-16(15,12-9-5-2-6-10-12)13-11-7-3-1-4-8-11/h1,3-10,13H. The van der Waals surface area contributed by atoms with E-state index in [1.807, 2.05) is 6.07 Å². The molecule has 4 heteroatoms. The molecule has 0 bridgehead atoms. The minimum Gasteiger partial charge on any atom is -0.280 e. The van der Waals surface area contributed by atoms with E-state index in [2.05, 4.69) is 10.8 Å². The number of nitrogens with one attached hydrogen (secondary N) is 1. The van der Waals surface area contributed by atoms with Gasteiger partial charge in [0.05, 0.1) is 4.90 Å². The predicted molar refractivity (Wildman–Crippen MR) is 62.5 cm³/mol. The Hall–Kier alpha value is -1.81. The lowest BCUT2D eigenvalue weighted by Gasteiger charge is -2.07. The monoisotopic (exact) mass is 232 g/mol. The zero-order valence-corrected chi connectivity index (χ0v) is 9.24.